The van der Waals surface area contributed by atoms with Crippen LogP contribution in [0.4, 0.5) is 0 Å². The van der Waals surface area contributed by atoms with Gasteiger partial charge in [-0.3, -0.25) is 0 Å². The van der Waals surface area contributed by atoms with Gasteiger partial charge in [-0.1, -0.05) is 42.6 Å². The second-order valence-electron chi connectivity index (χ2n) is 5.06. The molecule has 0 unspecified atom stereocenters. The van der Waals surface area contributed by atoms with Crippen molar-refractivity contribution in [3.8, 4) is 0 Å². The number of halogens is 1. The van der Waals surface area contributed by atoms with Crippen molar-refractivity contribution in [2.45, 2.75) is 44.2 Å². The molecule has 1 aliphatic carbocycles. The molecule has 0 aliphatic heterocycles. The Morgan fingerprint density at radius 2 is 2.00 bits per heavy atom. The standard InChI is InChI=1S/C14H20ClNO/c1-11(12-6-2-3-7-13(12)15)16-10-14(17)8-4-5-9-14/h2-3,6-7,11,16-17H,4-5,8-10H2,1H3/t11-/m1/s1. The molecular formula is C14H20ClNO. The number of hydrogen-bond donors (Lipinski definition) is 2. The molecule has 0 bridgehead atoms. The molecule has 17 heavy (non-hydrogen) atoms. The Morgan fingerprint density at radius 3 is 2.65 bits per heavy atom. The number of benzene rings is 1. The Kier molecular flexibility index (Phi) is 4.08. The summed E-state index contributed by atoms with van der Waals surface area (Å²) in [5, 5.41) is 14.4. The van der Waals surface area contributed by atoms with E-state index in [1.807, 2.05) is 24.3 Å². The van der Waals surface area contributed by atoms with Crippen LogP contribution in [0.25, 0.3) is 0 Å². The molecule has 1 atom stereocenters. The lowest BCUT2D eigenvalue weighted by Gasteiger charge is -2.25. The summed E-state index contributed by atoms with van der Waals surface area (Å²) in [5.41, 5.74) is 0.589. The highest BCUT2D eigenvalue weighted by atomic mass is 35.5. The average molecular weight is 254 g/mol. The van der Waals surface area contributed by atoms with Gasteiger partial charge in [-0.2, -0.15) is 0 Å². The Balaban J connectivity index is 1.93. The number of aliphatic hydroxyl groups is 1. The van der Waals surface area contributed by atoms with E-state index in [-0.39, 0.29) is 6.04 Å². The maximum atomic E-state index is 10.3. The third kappa shape index (κ3) is 3.21. The SMILES string of the molecule is C[C@@H](NCC1(O)CCCC1)c1ccccc1Cl. The van der Waals surface area contributed by atoms with Gasteiger partial charge >= 0.3 is 0 Å². The summed E-state index contributed by atoms with van der Waals surface area (Å²) in [4.78, 5) is 0. The Hall–Kier alpha value is -0.570. The smallest absolute Gasteiger partial charge is 0.0771 e. The van der Waals surface area contributed by atoms with Crippen LogP contribution in [0.5, 0.6) is 0 Å². The quantitative estimate of drug-likeness (QED) is 0.863. The normalized spacial score (nSPS) is 20.4. The summed E-state index contributed by atoms with van der Waals surface area (Å²) < 4.78 is 0. The van der Waals surface area contributed by atoms with E-state index in [2.05, 4.69) is 12.2 Å². The molecule has 0 spiro atoms. The van der Waals surface area contributed by atoms with Gasteiger partial charge in [0.1, 0.15) is 0 Å². The highest BCUT2D eigenvalue weighted by molar-refractivity contribution is 6.31. The summed E-state index contributed by atoms with van der Waals surface area (Å²) in [6.45, 7) is 2.74. The van der Waals surface area contributed by atoms with Crippen molar-refractivity contribution in [1.82, 2.24) is 5.32 Å². The Bertz CT molecular complexity index is 374. The molecule has 2 N–H and O–H groups in total. The maximum absolute atomic E-state index is 10.3. The molecule has 1 aromatic carbocycles. The van der Waals surface area contributed by atoms with E-state index in [0.717, 1.165) is 36.3 Å². The third-order valence-corrected chi connectivity index (χ3v) is 3.99. The summed E-state index contributed by atoms with van der Waals surface area (Å²) in [5.74, 6) is 0. The third-order valence-electron chi connectivity index (χ3n) is 3.64. The summed E-state index contributed by atoms with van der Waals surface area (Å²) in [7, 11) is 0. The van der Waals surface area contributed by atoms with Crippen LogP contribution >= 0.6 is 11.6 Å². The fraction of sp³-hybridized carbons (Fsp3) is 0.571. The van der Waals surface area contributed by atoms with Crippen LogP contribution in [0.3, 0.4) is 0 Å². The van der Waals surface area contributed by atoms with E-state index in [1.165, 1.54) is 0 Å². The van der Waals surface area contributed by atoms with Crippen molar-refractivity contribution in [1.29, 1.82) is 0 Å². The highest BCUT2D eigenvalue weighted by Gasteiger charge is 2.31. The topological polar surface area (TPSA) is 32.3 Å². The van der Waals surface area contributed by atoms with Crippen LogP contribution in [-0.4, -0.2) is 17.3 Å². The number of nitrogens with one attached hydrogen (secondary N) is 1. The van der Waals surface area contributed by atoms with Crippen molar-refractivity contribution < 1.29 is 5.11 Å². The molecule has 0 aromatic heterocycles. The summed E-state index contributed by atoms with van der Waals surface area (Å²) in [6.07, 6.45) is 4.10. The van der Waals surface area contributed by atoms with Crippen molar-refractivity contribution in [3.05, 3.63) is 34.9 Å². The minimum absolute atomic E-state index is 0.174. The molecule has 2 rings (SSSR count). The zero-order valence-corrected chi connectivity index (χ0v) is 11.0. The van der Waals surface area contributed by atoms with E-state index in [4.69, 9.17) is 11.6 Å². The van der Waals surface area contributed by atoms with Gasteiger partial charge < -0.3 is 10.4 Å². The lowest BCUT2D eigenvalue weighted by atomic mass is 10.0. The first kappa shape index (κ1) is 12.9. The van der Waals surface area contributed by atoms with Crippen LogP contribution in [0.2, 0.25) is 5.02 Å². The molecule has 1 saturated carbocycles. The van der Waals surface area contributed by atoms with Crippen molar-refractivity contribution >= 4 is 11.6 Å². The Morgan fingerprint density at radius 1 is 1.35 bits per heavy atom. The lowest BCUT2D eigenvalue weighted by Crippen LogP contribution is -2.39. The maximum Gasteiger partial charge on any atom is 0.0771 e. The Labute approximate surface area is 108 Å². The van der Waals surface area contributed by atoms with Crippen LogP contribution in [-0.2, 0) is 0 Å². The largest absolute Gasteiger partial charge is 0.389 e. The second kappa shape index (κ2) is 5.38. The van der Waals surface area contributed by atoms with Crippen molar-refractivity contribution in [2.75, 3.05) is 6.54 Å². The van der Waals surface area contributed by atoms with Gasteiger partial charge in [0.25, 0.3) is 0 Å². The lowest BCUT2D eigenvalue weighted by molar-refractivity contribution is 0.0453. The molecule has 1 aromatic rings. The first-order chi connectivity index (χ1) is 8.11. The fourth-order valence-electron chi connectivity index (χ4n) is 2.49. The van der Waals surface area contributed by atoms with E-state index < -0.39 is 5.60 Å². The fourth-order valence-corrected chi connectivity index (χ4v) is 2.79. The van der Waals surface area contributed by atoms with E-state index in [0.29, 0.717) is 6.54 Å². The van der Waals surface area contributed by atoms with Crippen LogP contribution in [0.1, 0.15) is 44.2 Å². The van der Waals surface area contributed by atoms with Gasteiger partial charge in [-0.25, -0.2) is 0 Å². The second-order valence-corrected chi connectivity index (χ2v) is 5.46. The zero-order valence-electron chi connectivity index (χ0n) is 10.2. The van der Waals surface area contributed by atoms with Crippen LogP contribution in [0, 0.1) is 0 Å². The first-order valence-electron chi connectivity index (χ1n) is 6.31. The molecule has 0 amide bonds. The van der Waals surface area contributed by atoms with Crippen molar-refractivity contribution in [3.63, 3.8) is 0 Å². The molecule has 0 radical (unpaired) electrons. The molecule has 3 heteroatoms. The average Bonchev–Trinajstić information content (AvgIpc) is 2.74. The molecule has 1 aliphatic rings. The predicted molar refractivity (Wildman–Crippen MR) is 71.3 cm³/mol. The first-order valence-corrected chi connectivity index (χ1v) is 6.69. The van der Waals surface area contributed by atoms with Gasteiger partial charge in [-0.15, -0.1) is 0 Å². The van der Waals surface area contributed by atoms with Gasteiger partial charge in [0.2, 0.25) is 0 Å². The van der Waals surface area contributed by atoms with E-state index in [9.17, 15) is 5.11 Å². The van der Waals surface area contributed by atoms with Gasteiger partial charge in [0.15, 0.2) is 0 Å². The van der Waals surface area contributed by atoms with Gasteiger partial charge in [0.05, 0.1) is 5.60 Å². The van der Waals surface area contributed by atoms with Crippen LogP contribution < -0.4 is 5.32 Å². The predicted octanol–water partition coefficient (Wildman–Crippen LogP) is 3.30. The molecule has 2 nitrogen and oxygen atoms in total. The molecule has 0 saturated heterocycles. The molecule has 0 heterocycles. The highest BCUT2D eigenvalue weighted by Crippen LogP contribution is 2.30. The number of hydrogen-bond acceptors (Lipinski definition) is 2. The molecule has 94 valence electrons. The molecule has 1 fully saturated rings. The summed E-state index contributed by atoms with van der Waals surface area (Å²) in [6, 6.07) is 8.03. The van der Waals surface area contributed by atoms with E-state index >= 15 is 0 Å². The zero-order chi connectivity index (χ0) is 12.3. The minimum Gasteiger partial charge on any atom is -0.389 e. The molecular weight excluding hydrogens is 234 g/mol. The number of rotatable bonds is 4. The van der Waals surface area contributed by atoms with Gasteiger partial charge in [-0.05, 0) is 31.4 Å². The minimum atomic E-state index is -0.504. The van der Waals surface area contributed by atoms with Crippen LogP contribution in [0.15, 0.2) is 24.3 Å². The summed E-state index contributed by atoms with van der Waals surface area (Å²) >= 11 is 6.15. The van der Waals surface area contributed by atoms with E-state index in [1.54, 1.807) is 0 Å². The van der Waals surface area contributed by atoms with Gasteiger partial charge in [0, 0.05) is 17.6 Å². The monoisotopic (exact) mass is 253 g/mol. The van der Waals surface area contributed by atoms with Crippen molar-refractivity contribution in [2.24, 2.45) is 0 Å².